The summed E-state index contributed by atoms with van der Waals surface area (Å²) in [5.41, 5.74) is 1.68. The molecule has 2 aromatic rings. The minimum Gasteiger partial charge on any atom is -0.353 e. The van der Waals surface area contributed by atoms with Gasteiger partial charge in [0.25, 0.3) is 0 Å². The van der Waals surface area contributed by atoms with Crippen LogP contribution in [-0.4, -0.2) is 51.0 Å². The summed E-state index contributed by atoms with van der Waals surface area (Å²) in [6.07, 6.45) is 0. The van der Waals surface area contributed by atoms with Crippen LogP contribution in [-0.2, 0) is 11.3 Å². The van der Waals surface area contributed by atoms with Crippen LogP contribution < -0.4 is 5.32 Å². The first-order chi connectivity index (χ1) is 10.5. The van der Waals surface area contributed by atoms with Crippen molar-refractivity contribution in [1.82, 2.24) is 25.2 Å². The van der Waals surface area contributed by atoms with E-state index in [1.807, 2.05) is 24.3 Å². The first-order valence-electron chi connectivity index (χ1n) is 7.79. The zero-order valence-electron chi connectivity index (χ0n) is 13.8. The van der Waals surface area contributed by atoms with Crippen molar-refractivity contribution < 1.29 is 4.79 Å². The zero-order valence-corrected chi connectivity index (χ0v) is 13.8. The summed E-state index contributed by atoms with van der Waals surface area (Å²) in [5.74, 6) is -0.0388. The summed E-state index contributed by atoms with van der Waals surface area (Å²) in [5, 5.41) is 11.0. The molecule has 0 unspecified atom stereocenters. The average Bonchev–Trinajstić information content (AvgIpc) is 2.86. The topological polar surface area (TPSA) is 63.1 Å². The smallest absolute Gasteiger partial charge is 0.241 e. The Morgan fingerprint density at radius 3 is 2.59 bits per heavy atom. The molecule has 1 aromatic carbocycles. The van der Waals surface area contributed by atoms with Gasteiger partial charge in [0.1, 0.15) is 12.1 Å². The van der Waals surface area contributed by atoms with E-state index in [-0.39, 0.29) is 12.5 Å². The van der Waals surface area contributed by atoms with Crippen LogP contribution in [0.4, 0.5) is 0 Å². The van der Waals surface area contributed by atoms with Crippen LogP contribution in [0.3, 0.4) is 0 Å². The fourth-order valence-electron chi connectivity index (χ4n) is 2.66. The summed E-state index contributed by atoms with van der Waals surface area (Å²) in [6, 6.07) is 8.58. The second kappa shape index (κ2) is 7.35. The minimum absolute atomic E-state index is 0.0388. The minimum atomic E-state index is -0.0388. The first-order valence-corrected chi connectivity index (χ1v) is 7.79. The van der Waals surface area contributed by atoms with Gasteiger partial charge in [0.2, 0.25) is 5.91 Å². The molecule has 0 radical (unpaired) electrons. The van der Waals surface area contributed by atoms with E-state index in [1.54, 1.807) is 4.68 Å². The number of nitrogens with one attached hydrogen (secondary N) is 1. The van der Waals surface area contributed by atoms with Gasteiger partial charge in [-0.15, -0.1) is 5.10 Å². The maximum absolute atomic E-state index is 12.1. The third kappa shape index (κ3) is 4.04. The Morgan fingerprint density at radius 2 is 1.91 bits per heavy atom. The molecule has 1 N–H and O–H groups in total. The summed E-state index contributed by atoms with van der Waals surface area (Å²) in [6.45, 7) is 10.4. The molecule has 0 atom stereocenters. The molecular weight excluding hydrogens is 278 g/mol. The Morgan fingerprint density at radius 1 is 1.23 bits per heavy atom. The fraction of sp³-hybridized carbons (Fsp3) is 0.562. The number of hydrogen-bond acceptors (Lipinski definition) is 4. The molecule has 0 bridgehead atoms. The lowest BCUT2D eigenvalue weighted by Gasteiger charge is -2.30. The van der Waals surface area contributed by atoms with E-state index >= 15 is 0 Å². The van der Waals surface area contributed by atoms with E-state index < -0.39 is 0 Å². The molecule has 0 saturated carbocycles. The quantitative estimate of drug-likeness (QED) is 0.845. The van der Waals surface area contributed by atoms with Crippen LogP contribution in [0, 0.1) is 0 Å². The largest absolute Gasteiger partial charge is 0.353 e. The van der Waals surface area contributed by atoms with Crippen molar-refractivity contribution in [3.8, 4) is 0 Å². The Kier molecular flexibility index (Phi) is 5.49. The number of amides is 1. The number of carbonyl (C=O) groups excluding carboxylic acids is 1. The number of carbonyl (C=O) groups is 1. The molecule has 0 aliphatic carbocycles. The molecule has 6 heteroatoms. The van der Waals surface area contributed by atoms with Gasteiger partial charge in [-0.25, -0.2) is 4.68 Å². The average molecular weight is 303 g/mol. The SMILES string of the molecule is CC(C)N(CCNC(=O)Cn1nnc2ccccc21)C(C)C. The molecule has 0 aliphatic rings. The summed E-state index contributed by atoms with van der Waals surface area (Å²) >= 11 is 0. The van der Waals surface area contributed by atoms with Crippen LogP contribution in [0.15, 0.2) is 24.3 Å². The molecule has 1 aromatic heterocycles. The van der Waals surface area contributed by atoms with E-state index in [0.29, 0.717) is 18.6 Å². The number of para-hydroxylation sites is 1. The highest BCUT2D eigenvalue weighted by atomic mass is 16.2. The van der Waals surface area contributed by atoms with Gasteiger partial charge in [-0.3, -0.25) is 9.69 Å². The van der Waals surface area contributed by atoms with E-state index in [0.717, 1.165) is 17.6 Å². The van der Waals surface area contributed by atoms with Crippen molar-refractivity contribution in [1.29, 1.82) is 0 Å². The van der Waals surface area contributed by atoms with Crippen molar-refractivity contribution in [3.63, 3.8) is 0 Å². The lowest BCUT2D eigenvalue weighted by Crippen LogP contribution is -2.43. The number of nitrogens with zero attached hydrogens (tertiary/aromatic N) is 4. The highest BCUT2D eigenvalue weighted by Crippen LogP contribution is 2.09. The zero-order chi connectivity index (χ0) is 16.1. The van der Waals surface area contributed by atoms with Gasteiger partial charge >= 0.3 is 0 Å². The van der Waals surface area contributed by atoms with Crippen molar-refractivity contribution in [2.75, 3.05) is 13.1 Å². The van der Waals surface area contributed by atoms with Crippen LogP contribution in [0.25, 0.3) is 11.0 Å². The number of fused-ring (bicyclic) bond motifs is 1. The lowest BCUT2D eigenvalue weighted by molar-refractivity contribution is -0.121. The highest BCUT2D eigenvalue weighted by molar-refractivity contribution is 5.79. The first kappa shape index (κ1) is 16.4. The normalized spacial score (nSPS) is 11.8. The molecule has 22 heavy (non-hydrogen) atoms. The molecule has 120 valence electrons. The van der Waals surface area contributed by atoms with Gasteiger partial charge in [0.05, 0.1) is 5.52 Å². The number of benzene rings is 1. The van der Waals surface area contributed by atoms with E-state index in [2.05, 4.69) is 48.2 Å². The van der Waals surface area contributed by atoms with Gasteiger partial charge in [0, 0.05) is 25.2 Å². The van der Waals surface area contributed by atoms with Crippen LogP contribution >= 0.6 is 0 Å². The van der Waals surface area contributed by atoms with E-state index in [1.165, 1.54) is 0 Å². The molecule has 1 amide bonds. The van der Waals surface area contributed by atoms with E-state index in [9.17, 15) is 4.79 Å². The summed E-state index contributed by atoms with van der Waals surface area (Å²) in [7, 11) is 0. The number of aromatic nitrogens is 3. The van der Waals surface area contributed by atoms with Crippen molar-refractivity contribution in [2.45, 2.75) is 46.3 Å². The monoisotopic (exact) mass is 303 g/mol. The predicted molar refractivity (Wildman–Crippen MR) is 87.5 cm³/mol. The highest BCUT2D eigenvalue weighted by Gasteiger charge is 2.13. The van der Waals surface area contributed by atoms with E-state index in [4.69, 9.17) is 0 Å². The Labute approximate surface area is 131 Å². The molecule has 2 rings (SSSR count). The maximum atomic E-state index is 12.1. The van der Waals surface area contributed by atoms with Gasteiger partial charge in [-0.05, 0) is 39.8 Å². The molecule has 0 spiro atoms. The molecule has 6 nitrogen and oxygen atoms in total. The van der Waals surface area contributed by atoms with Gasteiger partial charge in [-0.2, -0.15) is 0 Å². The molecule has 0 fully saturated rings. The van der Waals surface area contributed by atoms with Crippen LogP contribution in [0.5, 0.6) is 0 Å². The van der Waals surface area contributed by atoms with Crippen LogP contribution in [0.2, 0.25) is 0 Å². The molecule has 0 aliphatic heterocycles. The van der Waals surface area contributed by atoms with Crippen LogP contribution in [0.1, 0.15) is 27.7 Å². The number of hydrogen-bond donors (Lipinski definition) is 1. The standard InChI is InChI=1S/C16H25N5O/c1-12(2)20(13(3)4)10-9-17-16(22)11-21-15-8-6-5-7-14(15)18-19-21/h5-8,12-13H,9-11H2,1-4H3,(H,17,22). The third-order valence-electron chi connectivity index (χ3n) is 3.73. The van der Waals surface area contributed by atoms with Gasteiger partial charge in [-0.1, -0.05) is 17.3 Å². The van der Waals surface area contributed by atoms with Crippen molar-refractivity contribution in [3.05, 3.63) is 24.3 Å². The van der Waals surface area contributed by atoms with Crippen molar-refractivity contribution in [2.24, 2.45) is 0 Å². The second-order valence-corrected chi connectivity index (χ2v) is 6.01. The summed E-state index contributed by atoms with van der Waals surface area (Å²) < 4.78 is 1.63. The van der Waals surface area contributed by atoms with Gasteiger partial charge in [0.15, 0.2) is 0 Å². The predicted octanol–water partition coefficient (Wildman–Crippen LogP) is 1.67. The number of rotatable bonds is 7. The Hall–Kier alpha value is -1.95. The van der Waals surface area contributed by atoms with Gasteiger partial charge < -0.3 is 5.32 Å². The molecule has 1 heterocycles. The molecular formula is C16H25N5O. The fourth-order valence-corrected chi connectivity index (χ4v) is 2.66. The summed E-state index contributed by atoms with van der Waals surface area (Å²) in [4.78, 5) is 14.4. The second-order valence-electron chi connectivity index (χ2n) is 6.01. The molecule has 0 saturated heterocycles. The third-order valence-corrected chi connectivity index (χ3v) is 3.73. The van der Waals surface area contributed by atoms with Crippen molar-refractivity contribution >= 4 is 16.9 Å². The Bertz CT molecular complexity index is 612. The maximum Gasteiger partial charge on any atom is 0.241 e. The Balaban J connectivity index is 1.86. The lowest BCUT2D eigenvalue weighted by atomic mass is 10.2.